The maximum Gasteiger partial charge on any atom is 0.175 e. The lowest BCUT2D eigenvalue weighted by Gasteiger charge is -2.54. The number of epoxide rings is 1. The van der Waals surface area contributed by atoms with Crippen LogP contribution in [-0.2, 0) is 23.7 Å². The topological polar surface area (TPSA) is 57.3 Å². The standard InChI is InChI=1S/C21H26O5/c1-11-12(22)4-5-19(11)6-7-20-13-10-21(23-8-9-24-21)16(20)17(2)14(25-17)15(20)26-18(13,19)3/h4-5,11,13-16H,6-10H2,1-3H3/t11-,13+,14+,15+,16-,17+,18-,19-,20+/m1/s1. The Labute approximate surface area is 153 Å². The van der Waals surface area contributed by atoms with Crippen molar-refractivity contribution < 1.29 is 23.7 Å². The van der Waals surface area contributed by atoms with Gasteiger partial charge in [-0.3, -0.25) is 4.79 Å². The summed E-state index contributed by atoms with van der Waals surface area (Å²) in [6, 6.07) is 0. The molecule has 0 aromatic carbocycles. The Morgan fingerprint density at radius 1 is 1.08 bits per heavy atom. The average molecular weight is 358 g/mol. The van der Waals surface area contributed by atoms with E-state index in [1.165, 1.54) is 0 Å². The molecular formula is C21H26O5. The van der Waals surface area contributed by atoms with Crippen LogP contribution >= 0.6 is 0 Å². The molecule has 0 aromatic heterocycles. The number of carbonyl (C=O) groups excluding carboxylic acids is 1. The van der Waals surface area contributed by atoms with Crippen LogP contribution in [0.5, 0.6) is 0 Å². The Morgan fingerprint density at radius 2 is 1.85 bits per heavy atom. The van der Waals surface area contributed by atoms with Crippen molar-refractivity contribution in [3.05, 3.63) is 12.2 Å². The predicted octanol–water partition coefficient (Wildman–Crippen LogP) is 2.24. The van der Waals surface area contributed by atoms with E-state index in [0.29, 0.717) is 19.1 Å². The number of ether oxygens (including phenoxy) is 4. The molecule has 9 atom stereocenters. The first-order valence-corrected chi connectivity index (χ1v) is 10.2. The fraction of sp³-hybridized carbons (Fsp3) is 0.857. The summed E-state index contributed by atoms with van der Waals surface area (Å²) in [6.07, 6.45) is 7.19. The molecule has 26 heavy (non-hydrogen) atoms. The summed E-state index contributed by atoms with van der Waals surface area (Å²) < 4.78 is 25.9. The number of fused-ring (bicyclic) bond motifs is 5. The molecule has 7 rings (SSSR count). The molecule has 6 fully saturated rings. The van der Waals surface area contributed by atoms with Crippen LogP contribution in [-0.4, -0.2) is 48.2 Å². The van der Waals surface area contributed by atoms with Crippen LogP contribution in [0, 0.1) is 28.6 Å². The molecule has 3 saturated heterocycles. The van der Waals surface area contributed by atoms with Crippen LogP contribution < -0.4 is 0 Å². The molecule has 0 N–H and O–H groups in total. The van der Waals surface area contributed by atoms with Crippen molar-refractivity contribution in [2.24, 2.45) is 28.6 Å². The Kier molecular flexibility index (Phi) is 2.26. The summed E-state index contributed by atoms with van der Waals surface area (Å²) >= 11 is 0. The third-order valence-corrected chi connectivity index (χ3v) is 9.83. The zero-order chi connectivity index (χ0) is 17.7. The van der Waals surface area contributed by atoms with Crippen LogP contribution in [0.2, 0.25) is 0 Å². The number of carbonyl (C=O) groups is 1. The molecule has 3 spiro atoms. The van der Waals surface area contributed by atoms with Crippen molar-refractivity contribution in [1.29, 1.82) is 0 Å². The van der Waals surface area contributed by atoms with Gasteiger partial charge in [0.05, 0.1) is 30.8 Å². The minimum atomic E-state index is -0.519. The summed E-state index contributed by atoms with van der Waals surface area (Å²) in [5, 5.41) is 0. The summed E-state index contributed by atoms with van der Waals surface area (Å²) in [7, 11) is 0. The van der Waals surface area contributed by atoms with Gasteiger partial charge in [0.1, 0.15) is 11.7 Å². The van der Waals surface area contributed by atoms with Gasteiger partial charge in [-0.15, -0.1) is 0 Å². The SMILES string of the molecule is C[C@@H]1C(=O)C=C[C@@]12CC[C@]13[C@@H]4C5(C[C@H]1[C@@]2(C)O[C@H]3[C@@H]1O[C@]41C)OCCO5. The number of hydrogen-bond acceptors (Lipinski definition) is 5. The first-order valence-electron chi connectivity index (χ1n) is 10.2. The van der Waals surface area contributed by atoms with Gasteiger partial charge in [-0.2, -0.15) is 0 Å². The van der Waals surface area contributed by atoms with Crippen LogP contribution in [0.15, 0.2) is 12.2 Å². The zero-order valence-corrected chi connectivity index (χ0v) is 15.6. The molecule has 0 radical (unpaired) electrons. The Hall–Kier alpha value is -0.750. The monoisotopic (exact) mass is 358 g/mol. The van der Waals surface area contributed by atoms with Gasteiger partial charge in [0, 0.05) is 29.1 Å². The molecule has 2 bridgehead atoms. The third-order valence-electron chi connectivity index (χ3n) is 9.83. The van der Waals surface area contributed by atoms with Crippen LogP contribution in [0.4, 0.5) is 0 Å². The first kappa shape index (κ1) is 15.2. The van der Waals surface area contributed by atoms with E-state index in [0.717, 1.165) is 19.3 Å². The maximum absolute atomic E-state index is 12.5. The molecule has 3 heterocycles. The Balaban J connectivity index is 1.45. The average Bonchev–Trinajstić information content (AvgIpc) is 3.00. The van der Waals surface area contributed by atoms with Crippen molar-refractivity contribution in [3.8, 4) is 0 Å². The van der Waals surface area contributed by atoms with Crippen molar-refractivity contribution in [1.82, 2.24) is 0 Å². The maximum atomic E-state index is 12.5. The highest BCUT2D eigenvalue weighted by Crippen LogP contribution is 2.84. The minimum absolute atomic E-state index is 0.0180. The third kappa shape index (κ3) is 1.17. The highest BCUT2D eigenvalue weighted by molar-refractivity contribution is 5.95. The molecule has 0 amide bonds. The Bertz CT molecular complexity index is 785. The van der Waals surface area contributed by atoms with Crippen molar-refractivity contribution >= 4 is 5.78 Å². The second-order valence-electron chi connectivity index (χ2n) is 10.2. The molecule has 140 valence electrons. The van der Waals surface area contributed by atoms with Gasteiger partial charge in [0.2, 0.25) is 0 Å². The van der Waals surface area contributed by atoms with E-state index in [1.807, 2.05) is 0 Å². The molecule has 5 heteroatoms. The molecule has 4 aliphatic carbocycles. The van der Waals surface area contributed by atoms with Gasteiger partial charge in [-0.05, 0) is 32.8 Å². The fourth-order valence-electron chi connectivity index (χ4n) is 8.87. The van der Waals surface area contributed by atoms with Crippen molar-refractivity contribution in [2.75, 3.05) is 13.2 Å². The van der Waals surface area contributed by atoms with Gasteiger partial charge in [0.15, 0.2) is 11.6 Å². The predicted molar refractivity (Wildman–Crippen MR) is 90.2 cm³/mol. The lowest BCUT2D eigenvalue weighted by atomic mass is 9.49. The minimum Gasteiger partial charge on any atom is -0.367 e. The van der Waals surface area contributed by atoms with Gasteiger partial charge in [-0.25, -0.2) is 0 Å². The summed E-state index contributed by atoms with van der Waals surface area (Å²) in [5.41, 5.74) is -0.670. The number of hydrogen-bond donors (Lipinski definition) is 0. The van der Waals surface area contributed by atoms with Gasteiger partial charge in [-0.1, -0.05) is 13.0 Å². The normalized spacial score (nSPS) is 65.3. The second kappa shape index (κ2) is 3.86. The van der Waals surface area contributed by atoms with E-state index in [4.69, 9.17) is 18.9 Å². The van der Waals surface area contributed by atoms with Crippen LogP contribution in [0.3, 0.4) is 0 Å². The second-order valence-corrected chi connectivity index (χ2v) is 10.2. The van der Waals surface area contributed by atoms with E-state index in [2.05, 4.69) is 26.8 Å². The molecule has 5 nitrogen and oxygen atoms in total. The van der Waals surface area contributed by atoms with Crippen molar-refractivity contribution in [2.45, 2.75) is 69.2 Å². The lowest BCUT2D eigenvalue weighted by Crippen LogP contribution is -2.57. The lowest BCUT2D eigenvalue weighted by molar-refractivity contribution is -0.220. The van der Waals surface area contributed by atoms with Gasteiger partial charge < -0.3 is 18.9 Å². The van der Waals surface area contributed by atoms with Gasteiger partial charge in [0.25, 0.3) is 0 Å². The van der Waals surface area contributed by atoms with Crippen molar-refractivity contribution in [3.63, 3.8) is 0 Å². The molecule has 3 aliphatic heterocycles. The summed E-state index contributed by atoms with van der Waals surface area (Å²) in [4.78, 5) is 12.5. The zero-order valence-electron chi connectivity index (χ0n) is 15.6. The molecule has 0 aromatic rings. The first-order chi connectivity index (χ1) is 12.3. The molecule has 0 unspecified atom stereocenters. The molecule has 3 saturated carbocycles. The van der Waals surface area contributed by atoms with Crippen LogP contribution in [0.25, 0.3) is 0 Å². The smallest absolute Gasteiger partial charge is 0.175 e. The molecule has 7 aliphatic rings. The van der Waals surface area contributed by atoms with E-state index >= 15 is 0 Å². The highest BCUT2D eigenvalue weighted by atomic mass is 16.7. The van der Waals surface area contributed by atoms with E-state index < -0.39 is 5.79 Å². The Morgan fingerprint density at radius 3 is 2.54 bits per heavy atom. The largest absolute Gasteiger partial charge is 0.367 e. The summed E-state index contributed by atoms with van der Waals surface area (Å²) in [5.74, 6) is 0.293. The van der Waals surface area contributed by atoms with E-state index in [-0.39, 0.29) is 51.9 Å². The highest BCUT2D eigenvalue weighted by Gasteiger charge is 2.93. The number of rotatable bonds is 0. The number of ketones is 1. The summed E-state index contributed by atoms with van der Waals surface area (Å²) in [6.45, 7) is 7.92. The molecular weight excluding hydrogens is 332 g/mol. The van der Waals surface area contributed by atoms with Gasteiger partial charge >= 0.3 is 0 Å². The van der Waals surface area contributed by atoms with E-state index in [1.54, 1.807) is 6.08 Å². The number of allylic oxidation sites excluding steroid dienone is 1. The fourth-order valence-corrected chi connectivity index (χ4v) is 8.87. The van der Waals surface area contributed by atoms with Crippen LogP contribution in [0.1, 0.15) is 40.0 Å². The quantitative estimate of drug-likeness (QED) is 0.622. The van der Waals surface area contributed by atoms with E-state index in [9.17, 15) is 4.79 Å².